The van der Waals surface area contributed by atoms with E-state index in [4.69, 9.17) is 17.2 Å². The van der Waals surface area contributed by atoms with Gasteiger partial charge < -0.3 is 22.1 Å². The van der Waals surface area contributed by atoms with Crippen LogP contribution in [0.4, 0.5) is 0 Å². The van der Waals surface area contributed by atoms with Gasteiger partial charge in [-0.1, -0.05) is 6.42 Å². The van der Waals surface area contributed by atoms with Gasteiger partial charge >= 0.3 is 0 Å². The predicted octanol–water partition coefficient (Wildman–Crippen LogP) is 0.115. The average molecular weight is 216 g/mol. The second-order valence-corrected chi connectivity index (χ2v) is 3.98. The molecule has 0 aliphatic heterocycles. The molecule has 0 spiro atoms. The number of nitrogens with two attached hydrogens (primary N) is 3. The molecule has 15 heavy (non-hydrogen) atoms. The van der Waals surface area contributed by atoms with Crippen LogP contribution in [0.3, 0.4) is 0 Å². The summed E-state index contributed by atoms with van der Waals surface area (Å²) in [5.74, 6) is 0. The third-order valence-electron chi connectivity index (χ3n) is 2.54. The van der Waals surface area contributed by atoms with Crippen molar-refractivity contribution in [3.8, 4) is 0 Å². The summed E-state index contributed by atoms with van der Waals surface area (Å²) >= 11 is 0. The topological polar surface area (TPSA) is 81.3 Å². The molecule has 0 rings (SSSR count). The van der Waals surface area contributed by atoms with E-state index in [-0.39, 0.29) is 0 Å². The van der Waals surface area contributed by atoms with E-state index >= 15 is 0 Å². The highest BCUT2D eigenvalue weighted by molar-refractivity contribution is 4.59. The van der Waals surface area contributed by atoms with Gasteiger partial charge in [0, 0.05) is 0 Å². The molecule has 92 valence electrons. The van der Waals surface area contributed by atoms with E-state index in [2.05, 4.69) is 4.90 Å². The van der Waals surface area contributed by atoms with Gasteiger partial charge in [-0.2, -0.15) is 0 Å². The standard InChI is InChI=1S/C11H28N4/c12-6-2-1-3-9-15(10-4-7-13)11-5-8-14/h1-14H2. The summed E-state index contributed by atoms with van der Waals surface area (Å²) in [4.78, 5) is 2.47. The Morgan fingerprint density at radius 1 is 0.533 bits per heavy atom. The number of hydrogen-bond donors (Lipinski definition) is 3. The molecule has 6 N–H and O–H groups in total. The number of hydrogen-bond acceptors (Lipinski definition) is 4. The Hall–Kier alpha value is -0.160. The lowest BCUT2D eigenvalue weighted by atomic mass is 10.2. The SMILES string of the molecule is NCCCCCN(CCCN)CCCN. The molecule has 0 aromatic carbocycles. The maximum absolute atomic E-state index is 5.51. The van der Waals surface area contributed by atoms with E-state index in [1.165, 1.54) is 19.4 Å². The average Bonchev–Trinajstić information content (AvgIpc) is 2.27. The number of nitrogens with zero attached hydrogens (tertiary/aromatic N) is 1. The molecule has 0 saturated carbocycles. The van der Waals surface area contributed by atoms with Crippen LogP contribution in [0.1, 0.15) is 32.1 Å². The number of unbranched alkanes of at least 4 members (excludes halogenated alkanes) is 2. The van der Waals surface area contributed by atoms with Gasteiger partial charge in [-0.25, -0.2) is 0 Å². The minimum absolute atomic E-state index is 0.780. The minimum Gasteiger partial charge on any atom is -0.330 e. The van der Waals surface area contributed by atoms with Gasteiger partial charge in [0.1, 0.15) is 0 Å². The molecule has 0 unspecified atom stereocenters. The van der Waals surface area contributed by atoms with Crippen molar-refractivity contribution in [2.75, 3.05) is 39.3 Å². The van der Waals surface area contributed by atoms with Crippen LogP contribution in [0, 0.1) is 0 Å². The Bertz CT molecular complexity index is 111. The third-order valence-corrected chi connectivity index (χ3v) is 2.54. The third kappa shape index (κ3) is 10.1. The lowest BCUT2D eigenvalue weighted by Gasteiger charge is -2.21. The Balaban J connectivity index is 3.49. The normalized spacial score (nSPS) is 11.2. The second-order valence-electron chi connectivity index (χ2n) is 3.98. The highest BCUT2D eigenvalue weighted by Crippen LogP contribution is 2.00. The summed E-state index contributed by atoms with van der Waals surface area (Å²) in [5.41, 5.74) is 16.5. The summed E-state index contributed by atoms with van der Waals surface area (Å²) < 4.78 is 0. The van der Waals surface area contributed by atoms with Crippen molar-refractivity contribution in [1.82, 2.24) is 4.90 Å². The maximum Gasteiger partial charge on any atom is -0.000671 e. The van der Waals surface area contributed by atoms with Gasteiger partial charge in [0.05, 0.1) is 0 Å². The first-order chi connectivity index (χ1) is 7.35. The Morgan fingerprint density at radius 3 is 1.47 bits per heavy atom. The summed E-state index contributed by atoms with van der Waals surface area (Å²) in [7, 11) is 0. The fourth-order valence-electron chi connectivity index (χ4n) is 1.62. The van der Waals surface area contributed by atoms with E-state index in [9.17, 15) is 0 Å². The molecule has 4 heteroatoms. The first-order valence-electron chi connectivity index (χ1n) is 6.17. The van der Waals surface area contributed by atoms with E-state index < -0.39 is 0 Å². The van der Waals surface area contributed by atoms with Crippen LogP contribution in [-0.2, 0) is 0 Å². The molecule has 4 nitrogen and oxygen atoms in total. The zero-order chi connectivity index (χ0) is 11.4. The molecule has 0 atom stereocenters. The first-order valence-corrected chi connectivity index (χ1v) is 6.17. The van der Waals surface area contributed by atoms with Crippen molar-refractivity contribution in [1.29, 1.82) is 0 Å². The van der Waals surface area contributed by atoms with Crippen molar-refractivity contribution >= 4 is 0 Å². The van der Waals surface area contributed by atoms with E-state index in [0.717, 1.165) is 52.0 Å². The lowest BCUT2D eigenvalue weighted by Crippen LogP contribution is -2.29. The molecule has 0 fully saturated rings. The fourth-order valence-corrected chi connectivity index (χ4v) is 1.62. The Kier molecular flexibility index (Phi) is 11.8. The van der Waals surface area contributed by atoms with Gasteiger partial charge in [0.2, 0.25) is 0 Å². The highest BCUT2D eigenvalue weighted by atomic mass is 15.1. The highest BCUT2D eigenvalue weighted by Gasteiger charge is 2.02. The molecule has 0 aromatic heterocycles. The van der Waals surface area contributed by atoms with Crippen molar-refractivity contribution in [2.24, 2.45) is 17.2 Å². The molecule has 0 aromatic rings. The molecule has 0 aliphatic carbocycles. The predicted molar refractivity (Wildman–Crippen MR) is 66.7 cm³/mol. The minimum atomic E-state index is 0.780. The summed E-state index contributed by atoms with van der Waals surface area (Å²) in [6.45, 7) is 5.76. The van der Waals surface area contributed by atoms with Crippen molar-refractivity contribution in [3.05, 3.63) is 0 Å². The molecule has 0 aliphatic rings. The van der Waals surface area contributed by atoms with Crippen LogP contribution >= 0.6 is 0 Å². The van der Waals surface area contributed by atoms with E-state index in [0.29, 0.717) is 0 Å². The quantitative estimate of drug-likeness (QED) is 0.428. The van der Waals surface area contributed by atoms with Crippen LogP contribution in [-0.4, -0.2) is 44.2 Å². The fraction of sp³-hybridized carbons (Fsp3) is 1.00. The molecule has 0 radical (unpaired) electrons. The van der Waals surface area contributed by atoms with E-state index in [1.807, 2.05) is 0 Å². The van der Waals surface area contributed by atoms with Crippen LogP contribution in [0.15, 0.2) is 0 Å². The zero-order valence-corrected chi connectivity index (χ0v) is 9.96. The first kappa shape index (κ1) is 14.8. The van der Waals surface area contributed by atoms with Gasteiger partial charge in [-0.05, 0) is 65.0 Å². The van der Waals surface area contributed by atoms with Crippen LogP contribution < -0.4 is 17.2 Å². The van der Waals surface area contributed by atoms with E-state index in [1.54, 1.807) is 0 Å². The van der Waals surface area contributed by atoms with Crippen LogP contribution in [0.5, 0.6) is 0 Å². The summed E-state index contributed by atoms with van der Waals surface area (Å²) in [6, 6.07) is 0. The van der Waals surface area contributed by atoms with Gasteiger partial charge in [-0.15, -0.1) is 0 Å². The molecule has 0 saturated heterocycles. The summed E-state index contributed by atoms with van der Waals surface area (Å²) in [5, 5.41) is 0. The zero-order valence-electron chi connectivity index (χ0n) is 9.96. The largest absolute Gasteiger partial charge is 0.330 e. The molecular weight excluding hydrogens is 188 g/mol. The maximum atomic E-state index is 5.51. The van der Waals surface area contributed by atoms with Crippen molar-refractivity contribution in [2.45, 2.75) is 32.1 Å². The number of rotatable bonds is 11. The van der Waals surface area contributed by atoms with Crippen molar-refractivity contribution < 1.29 is 0 Å². The smallest absolute Gasteiger partial charge is 0.000671 e. The monoisotopic (exact) mass is 216 g/mol. The second kappa shape index (κ2) is 11.9. The molecule has 0 heterocycles. The molecule has 0 bridgehead atoms. The molecular formula is C11H28N4. The van der Waals surface area contributed by atoms with Gasteiger partial charge in [0.25, 0.3) is 0 Å². The van der Waals surface area contributed by atoms with Crippen LogP contribution in [0.2, 0.25) is 0 Å². The molecule has 0 amide bonds. The van der Waals surface area contributed by atoms with Crippen LogP contribution in [0.25, 0.3) is 0 Å². The summed E-state index contributed by atoms with van der Waals surface area (Å²) in [6.07, 6.45) is 5.79. The van der Waals surface area contributed by atoms with Crippen molar-refractivity contribution in [3.63, 3.8) is 0 Å². The van der Waals surface area contributed by atoms with Gasteiger partial charge in [-0.3, -0.25) is 0 Å². The Labute approximate surface area is 94.2 Å². The Morgan fingerprint density at radius 2 is 1.00 bits per heavy atom. The van der Waals surface area contributed by atoms with Gasteiger partial charge in [0.15, 0.2) is 0 Å². The lowest BCUT2D eigenvalue weighted by molar-refractivity contribution is 0.264.